The topological polar surface area (TPSA) is 42.2 Å². The molecule has 2 aromatic rings. The van der Waals surface area contributed by atoms with Crippen molar-refractivity contribution in [3.05, 3.63) is 51.9 Å². The van der Waals surface area contributed by atoms with Gasteiger partial charge in [0.25, 0.3) is 5.91 Å². The highest BCUT2D eigenvalue weighted by Crippen LogP contribution is 2.22. The second-order valence-corrected chi connectivity index (χ2v) is 4.26. The highest BCUT2D eigenvalue weighted by molar-refractivity contribution is 9.10. The molecule has 0 atom stereocenters. The fraction of sp³-hybridized carbons (Fsp3) is 0. The van der Waals surface area contributed by atoms with Crippen molar-refractivity contribution < 1.29 is 9.21 Å². The molecule has 0 unspecified atom stereocenters. The van der Waals surface area contributed by atoms with Crippen molar-refractivity contribution in [2.45, 2.75) is 0 Å². The zero-order valence-electron chi connectivity index (χ0n) is 8.04. The number of hydrogen-bond acceptors (Lipinski definition) is 2. The van der Waals surface area contributed by atoms with Gasteiger partial charge in [-0.3, -0.25) is 4.79 Å². The highest BCUT2D eigenvalue weighted by Gasteiger charge is 2.11. The van der Waals surface area contributed by atoms with Gasteiger partial charge < -0.3 is 9.73 Å². The molecule has 0 saturated carbocycles. The van der Waals surface area contributed by atoms with E-state index in [1.165, 1.54) is 12.1 Å². The van der Waals surface area contributed by atoms with Crippen molar-refractivity contribution in [3.8, 4) is 0 Å². The van der Waals surface area contributed by atoms with E-state index >= 15 is 0 Å². The smallest absolute Gasteiger partial charge is 0.291 e. The van der Waals surface area contributed by atoms with E-state index in [2.05, 4.69) is 21.2 Å². The monoisotopic (exact) mass is 299 g/mol. The molecule has 2 rings (SSSR count). The average Bonchev–Trinajstić information content (AvgIpc) is 2.68. The predicted molar refractivity (Wildman–Crippen MR) is 65.8 cm³/mol. The van der Waals surface area contributed by atoms with E-state index in [4.69, 9.17) is 16.0 Å². The number of furan rings is 1. The molecule has 1 N–H and O–H groups in total. The number of para-hydroxylation sites is 1. The molecule has 0 saturated heterocycles. The molecule has 82 valence electrons. The molecule has 3 nitrogen and oxygen atoms in total. The van der Waals surface area contributed by atoms with E-state index in [0.29, 0.717) is 5.69 Å². The minimum atomic E-state index is -0.334. The second kappa shape index (κ2) is 4.72. The molecule has 1 heterocycles. The van der Waals surface area contributed by atoms with E-state index in [1.54, 1.807) is 6.07 Å². The van der Waals surface area contributed by atoms with E-state index in [1.807, 2.05) is 18.2 Å². The summed E-state index contributed by atoms with van der Waals surface area (Å²) in [6.45, 7) is 0. The van der Waals surface area contributed by atoms with Crippen LogP contribution in [0, 0.1) is 0 Å². The van der Waals surface area contributed by atoms with E-state index < -0.39 is 0 Å². The summed E-state index contributed by atoms with van der Waals surface area (Å²) in [6, 6.07) is 10.4. The third-order valence-corrected chi connectivity index (χ3v) is 2.81. The van der Waals surface area contributed by atoms with Crippen LogP contribution in [0.25, 0.3) is 0 Å². The van der Waals surface area contributed by atoms with E-state index in [9.17, 15) is 4.79 Å². The summed E-state index contributed by atoms with van der Waals surface area (Å²) in [4.78, 5) is 11.7. The first-order valence-corrected chi connectivity index (χ1v) is 5.65. The Bertz CT molecular complexity index is 524. The van der Waals surface area contributed by atoms with Crippen LogP contribution in [-0.4, -0.2) is 5.91 Å². The number of nitrogens with one attached hydrogen (secondary N) is 1. The highest BCUT2D eigenvalue weighted by atomic mass is 79.9. The van der Waals surface area contributed by atoms with Crippen LogP contribution in [0.4, 0.5) is 5.69 Å². The second-order valence-electron chi connectivity index (χ2n) is 3.04. The van der Waals surface area contributed by atoms with Crippen molar-refractivity contribution in [2.75, 3.05) is 5.32 Å². The van der Waals surface area contributed by atoms with Crippen LogP contribution in [0.1, 0.15) is 10.6 Å². The lowest BCUT2D eigenvalue weighted by Gasteiger charge is -2.04. The average molecular weight is 301 g/mol. The third-order valence-electron chi connectivity index (χ3n) is 1.92. The number of anilines is 1. The van der Waals surface area contributed by atoms with Crippen LogP contribution in [0.2, 0.25) is 5.22 Å². The van der Waals surface area contributed by atoms with Gasteiger partial charge in [-0.2, -0.15) is 0 Å². The molecule has 0 aliphatic heterocycles. The van der Waals surface area contributed by atoms with Gasteiger partial charge in [0.15, 0.2) is 11.0 Å². The Labute approximate surface area is 106 Å². The quantitative estimate of drug-likeness (QED) is 0.912. The molecule has 5 heteroatoms. The third kappa shape index (κ3) is 2.46. The summed E-state index contributed by atoms with van der Waals surface area (Å²) in [6.07, 6.45) is 0. The lowest BCUT2D eigenvalue weighted by atomic mass is 10.3. The Morgan fingerprint density at radius 2 is 2.00 bits per heavy atom. The Kier molecular flexibility index (Phi) is 3.31. The van der Waals surface area contributed by atoms with Gasteiger partial charge in [-0.1, -0.05) is 12.1 Å². The Balaban J connectivity index is 2.17. The number of rotatable bonds is 2. The molecular weight excluding hydrogens is 293 g/mol. The van der Waals surface area contributed by atoms with Gasteiger partial charge in [0, 0.05) is 4.47 Å². The van der Waals surface area contributed by atoms with Gasteiger partial charge in [-0.05, 0) is 51.8 Å². The summed E-state index contributed by atoms with van der Waals surface area (Å²) in [5, 5.41) is 2.89. The van der Waals surface area contributed by atoms with Gasteiger partial charge in [-0.25, -0.2) is 0 Å². The lowest BCUT2D eigenvalue weighted by Crippen LogP contribution is -2.11. The molecule has 0 aliphatic rings. The first-order chi connectivity index (χ1) is 7.66. The molecule has 0 radical (unpaired) electrons. The molecule has 1 aromatic carbocycles. The van der Waals surface area contributed by atoms with Gasteiger partial charge in [-0.15, -0.1) is 0 Å². The van der Waals surface area contributed by atoms with Crippen LogP contribution in [0.5, 0.6) is 0 Å². The Morgan fingerprint density at radius 1 is 1.25 bits per heavy atom. The van der Waals surface area contributed by atoms with Crippen molar-refractivity contribution in [1.82, 2.24) is 0 Å². The van der Waals surface area contributed by atoms with Gasteiger partial charge in [0.1, 0.15) is 0 Å². The van der Waals surface area contributed by atoms with Crippen molar-refractivity contribution >= 4 is 39.1 Å². The van der Waals surface area contributed by atoms with Crippen molar-refractivity contribution in [2.24, 2.45) is 0 Å². The maximum absolute atomic E-state index is 11.7. The number of carbonyl (C=O) groups excluding carboxylic acids is 1. The fourth-order valence-electron chi connectivity index (χ4n) is 1.18. The number of hydrogen-bond donors (Lipinski definition) is 1. The van der Waals surface area contributed by atoms with E-state index in [-0.39, 0.29) is 16.9 Å². The Hall–Kier alpha value is -1.26. The molecule has 0 spiro atoms. The zero-order valence-corrected chi connectivity index (χ0v) is 10.4. The maximum atomic E-state index is 11.7. The standard InChI is InChI=1S/C11H7BrClNO2/c12-7-3-1-2-4-8(7)14-11(15)9-5-6-10(13)16-9/h1-6H,(H,14,15). The molecule has 1 amide bonds. The summed E-state index contributed by atoms with van der Waals surface area (Å²) >= 11 is 8.91. The lowest BCUT2D eigenvalue weighted by molar-refractivity contribution is 0.0996. The summed E-state index contributed by atoms with van der Waals surface area (Å²) in [7, 11) is 0. The van der Waals surface area contributed by atoms with E-state index in [0.717, 1.165) is 4.47 Å². The van der Waals surface area contributed by atoms with Crippen LogP contribution in [0.3, 0.4) is 0 Å². The molecule has 0 bridgehead atoms. The molecule has 0 fully saturated rings. The molecular formula is C11H7BrClNO2. The maximum Gasteiger partial charge on any atom is 0.291 e. The van der Waals surface area contributed by atoms with Crippen LogP contribution >= 0.6 is 27.5 Å². The summed E-state index contributed by atoms with van der Waals surface area (Å²) in [5.74, 6) is -0.153. The minimum Gasteiger partial charge on any atom is -0.440 e. The predicted octanol–water partition coefficient (Wildman–Crippen LogP) is 3.95. The number of benzene rings is 1. The Morgan fingerprint density at radius 3 is 2.62 bits per heavy atom. The summed E-state index contributed by atoms with van der Waals surface area (Å²) < 4.78 is 5.80. The molecule has 0 aliphatic carbocycles. The van der Waals surface area contributed by atoms with Crippen molar-refractivity contribution in [3.63, 3.8) is 0 Å². The molecule has 1 aromatic heterocycles. The normalized spacial score (nSPS) is 10.1. The zero-order chi connectivity index (χ0) is 11.5. The van der Waals surface area contributed by atoms with Gasteiger partial charge >= 0.3 is 0 Å². The number of carbonyl (C=O) groups is 1. The number of halogens is 2. The van der Waals surface area contributed by atoms with Crippen molar-refractivity contribution in [1.29, 1.82) is 0 Å². The van der Waals surface area contributed by atoms with Gasteiger partial charge in [0.2, 0.25) is 0 Å². The largest absolute Gasteiger partial charge is 0.440 e. The minimum absolute atomic E-state index is 0.181. The fourth-order valence-corrected chi connectivity index (χ4v) is 1.71. The first kappa shape index (κ1) is 11.2. The van der Waals surface area contributed by atoms with Crippen LogP contribution < -0.4 is 5.32 Å². The van der Waals surface area contributed by atoms with Crippen LogP contribution in [-0.2, 0) is 0 Å². The summed E-state index contributed by atoms with van der Waals surface area (Å²) in [5.41, 5.74) is 0.681. The van der Waals surface area contributed by atoms with Gasteiger partial charge in [0.05, 0.1) is 5.69 Å². The van der Waals surface area contributed by atoms with Crippen LogP contribution in [0.15, 0.2) is 45.3 Å². The SMILES string of the molecule is O=C(Nc1ccccc1Br)c1ccc(Cl)o1. The number of amides is 1. The first-order valence-electron chi connectivity index (χ1n) is 4.48. The molecule has 16 heavy (non-hydrogen) atoms.